The molecule has 0 unspecified atom stereocenters. The largest absolute Gasteiger partial charge is 0.504 e. The van der Waals surface area contributed by atoms with Gasteiger partial charge in [0.15, 0.2) is 29.8 Å². The highest BCUT2D eigenvalue weighted by Crippen LogP contribution is 2.60. The van der Waals surface area contributed by atoms with Crippen molar-refractivity contribution < 1.29 is 53.3 Å². The van der Waals surface area contributed by atoms with E-state index >= 15 is 0 Å². The lowest BCUT2D eigenvalue weighted by Crippen LogP contribution is -2.69. The summed E-state index contributed by atoms with van der Waals surface area (Å²) in [4.78, 5) is 30.8. The van der Waals surface area contributed by atoms with Crippen molar-refractivity contribution in [3.05, 3.63) is 39.4 Å². The van der Waals surface area contributed by atoms with Crippen molar-refractivity contribution in [3.63, 3.8) is 0 Å². The number of carbonyl (C=O) groups is 2. The van der Waals surface area contributed by atoms with Crippen LogP contribution in [0.25, 0.3) is 0 Å². The number of rotatable bonds is 6. The zero-order valence-electron chi connectivity index (χ0n) is 24.6. The number of hydrogen-bond donors (Lipinski definition) is 3. The second-order valence-electron chi connectivity index (χ2n) is 11.2. The number of nitrogens with zero attached hydrogens (tertiary/aromatic N) is 2. The van der Waals surface area contributed by atoms with Gasteiger partial charge in [0.05, 0.1) is 31.8 Å². The fourth-order valence-electron chi connectivity index (χ4n) is 7.14. The molecule has 244 valence electrons. The predicted molar refractivity (Wildman–Crippen MR) is 158 cm³/mol. The van der Waals surface area contributed by atoms with Crippen LogP contribution in [-0.4, -0.2) is 94.0 Å². The number of aliphatic hydroxyl groups excluding tert-OH is 2. The minimum atomic E-state index is -1.95. The molecule has 0 aliphatic carbocycles. The average molecular weight is 690 g/mol. The number of ether oxygens (including phenoxy) is 6. The standard InChI is InChI=1S/C29H31Cl3N2O11/c1-11-5-13-6-14-27(38)33-15(7-35)17-18(24(43-9-40-3)12(2)25-26(17)45-10-44-25)21(36)20(33)19(16(13)22(37)23(11)41-4)34(14)28(39)42-8-29(30,31)32/h5,14-15,19-21,35-37H,6-10H2,1-4H3/t14-,15-,19+,20+,21-/m0/s1. The van der Waals surface area contributed by atoms with E-state index in [1.807, 2.05) is 0 Å². The first kappa shape index (κ1) is 31.9. The highest BCUT2D eigenvalue weighted by molar-refractivity contribution is 6.67. The number of piperazine rings is 1. The fraction of sp³-hybridized carbons (Fsp3) is 0.517. The van der Waals surface area contributed by atoms with Crippen molar-refractivity contribution in [2.75, 3.05) is 41.0 Å². The van der Waals surface area contributed by atoms with Crippen molar-refractivity contribution >= 4 is 46.8 Å². The molecule has 0 spiro atoms. The van der Waals surface area contributed by atoms with Crippen molar-refractivity contribution in [1.29, 1.82) is 0 Å². The molecule has 2 aromatic carbocycles. The molecule has 1 saturated heterocycles. The van der Waals surface area contributed by atoms with Gasteiger partial charge in [0.25, 0.3) is 0 Å². The normalized spacial score (nSPS) is 24.6. The number of halogens is 3. The number of carbonyl (C=O) groups excluding carboxylic acids is 2. The van der Waals surface area contributed by atoms with Gasteiger partial charge in [-0.05, 0) is 25.0 Å². The summed E-state index contributed by atoms with van der Waals surface area (Å²) < 4.78 is 31.6. The van der Waals surface area contributed by atoms with Gasteiger partial charge in [0.2, 0.25) is 16.5 Å². The van der Waals surface area contributed by atoms with Crippen LogP contribution in [0.4, 0.5) is 4.79 Å². The van der Waals surface area contributed by atoms with Gasteiger partial charge in [-0.15, -0.1) is 0 Å². The average Bonchev–Trinajstić information content (AvgIpc) is 3.48. The van der Waals surface area contributed by atoms with Gasteiger partial charge in [-0.25, -0.2) is 4.79 Å². The number of aryl methyl sites for hydroxylation is 1. The van der Waals surface area contributed by atoms with E-state index in [9.17, 15) is 24.9 Å². The molecule has 0 aromatic heterocycles. The Morgan fingerprint density at radius 3 is 2.47 bits per heavy atom. The number of methoxy groups -OCH3 is 2. The third-order valence-electron chi connectivity index (χ3n) is 8.72. The SMILES string of the molecule is COCOc1c(C)c2c(c3c1[C@H](O)[C@H]1[C@H]4c5c(cc(C)c(OC)c5O)C[C@@H](C(=O)N1[C@H]3CO)N4C(=O)OCC(Cl)(Cl)Cl)OCO2. The molecule has 3 N–H and O–H groups in total. The van der Waals surface area contributed by atoms with Crippen LogP contribution in [-0.2, 0) is 20.7 Å². The summed E-state index contributed by atoms with van der Waals surface area (Å²) in [7, 11) is 2.82. The number of fused-ring (bicyclic) bond motifs is 9. The zero-order valence-corrected chi connectivity index (χ0v) is 26.9. The lowest BCUT2D eigenvalue weighted by Gasteiger charge is -2.58. The summed E-state index contributed by atoms with van der Waals surface area (Å²) in [6, 6.07) is -2.96. The van der Waals surface area contributed by atoms with E-state index in [1.165, 1.54) is 19.1 Å². The second-order valence-corrected chi connectivity index (χ2v) is 13.7. The molecule has 0 saturated carbocycles. The van der Waals surface area contributed by atoms with Gasteiger partial charge in [0, 0.05) is 35.8 Å². The van der Waals surface area contributed by atoms with Gasteiger partial charge < -0.3 is 48.6 Å². The predicted octanol–water partition coefficient (Wildman–Crippen LogP) is 3.50. The van der Waals surface area contributed by atoms with Crippen LogP contribution in [0.15, 0.2) is 6.07 Å². The first-order chi connectivity index (χ1) is 21.4. The molecule has 2 amide bonds. The number of benzene rings is 2. The van der Waals surface area contributed by atoms with Crippen LogP contribution in [0.2, 0.25) is 0 Å². The molecule has 4 aliphatic heterocycles. The molecule has 0 radical (unpaired) electrons. The zero-order chi connectivity index (χ0) is 32.5. The molecule has 6 rings (SSSR count). The van der Waals surface area contributed by atoms with E-state index in [-0.39, 0.29) is 54.1 Å². The molecule has 45 heavy (non-hydrogen) atoms. The highest BCUT2D eigenvalue weighted by Gasteiger charge is 2.61. The Labute approximate surface area is 272 Å². The minimum absolute atomic E-state index is 0.0237. The Hall–Kier alpha value is -3.07. The topological polar surface area (TPSA) is 157 Å². The van der Waals surface area contributed by atoms with Crippen LogP contribution < -0.4 is 18.9 Å². The number of aliphatic hydroxyl groups is 2. The van der Waals surface area contributed by atoms with Crippen LogP contribution >= 0.6 is 34.8 Å². The maximum atomic E-state index is 14.5. The van der Waals surface area contributed by atoms with Crippen molar-refractivity contribution in [2.24, 2.45) is 0 Å². The Morgan fingerprint density at radius 2 is 1.82 bits per heavy atom. The van der Waals surface area contributed by atoms with E-state index in [4.69, 9.17) is 63.2 Å². The molecule has 13 nitrogen and oxygen atoms in total. The van der Waals surface area contributed by atoms with Crippen LogP contribution in [0.5, 0.6) is 28.7 Å². The minimum Gasteiger partial charge on any atom is -0.504 e. The summed E-state index contributed by atoms with van der Waals surface area (Å²) in [5, 5.41) is 34.8. The Kier molecular flexibility index (Phi) is 8.24. The first-order valence-corrected chi connectivity index (χ1v) is 15.1. The van der Waals surface area contributed by atoms with Crippen molar-refractivity contribution in [3.8, 4) is 28.7 Å². The number of alkyl halides is 3. The van der Waals surface area contributed by atoms with Crippen LogP contribution in [0, 0.1) is 13.8 Å². The lowest BCUT2D eigenvalue weighted by molar-refractivity contribution is -0.167. The van der Waals surface area contributed by atoms with Crippen LogP contribution in [0.3, 0.4) is 0 Å². The number of aromatic hydroxyl groups is 1. The monoisotopic (exact) mass is 688 g/mol. The first-order valence-electron chi connectivity index (χ1n) is 14.0. The Bertz CT molecular complexity index is 1570. The van der Waals surface area contributed by atoms with Gasteiger partial charge in [-0.2, -0.15) is 0 Å². The molecular weight excluding hydrogens is 659 g/mol. The quantitative estimate of drug-likeness (QED) is 0.301. The fourth-order valence-corrected chi connectivity index (χ4v) is 7.31. The van der Waals surface area contributed by atoms with Gasteiger partial charge in [-0.3, -0.25) is 9.69 Å². The molecule has 5 atom stereocenters. The van der Waals surface area contributed by atoms with E-state index in [0.29, 0.717) is 28.0 Å². The van der Waals surface area contributed by atoms with Gasteiger partial charge in [0.1, 0.15) is 24.5 Å². The molecule has 16 heteroatoms. The number of phenols is 1. The highest BCUT2D eigenvalue weighted by atomic mass is 35.6. The molecule has 2 aromatic rings. The smallest absolute Gasteiger partial charge is 0.411 e. The summed E-state index contributed by atoms with van der Waals surface area (Å²) >= 11 is 17.6. The number of phenolic OH excluding ortho intramolecular Hbond substituents is 1. The van der Waals surface area contributed by atoms with Crippen molar-refractivity contribution in [1.82, 2.24) is 9.80 Å². The third-order valence-corrected chi connectivity index (χ3v) is 9.05. The molecule has 4 aliphatic rings. The summed E-state index contributed by atoms with van der Waals surface area (Å²) in [5.41, 5.74) is 2.40. The maximum absolute atomic E-state index is 14.5. The second kappa shape index (κ2) is 11.6. The third kappa shape index (κ3) is 4.86. The van der Waals surface area contributed by atoms with E-state index in [1.54, 1.807) is 19.9 Å². The van der Waals surface area contributed by atoms with Gasteiger partial charge >= 0.3 is 6.09 Å². The van der Waals surface area contributed by atoms with Crippen LogP contribution in [0.1, 0.15) is 51.6 Å². The molecule has 4 heterocycles. The maximum Gasteiger partial charge on any atom is 0.411 e. The molecular formula is C29H31Cl3N2O11. The number of amides is 2. The lowest BCUT2D eigenvalue weighted by atomic mass is 9.72. The summed E-state index contributed by atoms with van der Waals surface area (Å²) in [5.74, 6) is 0.0830. The van der Waals surface area contributed by atoms with Crippen molar-refractivity contribution in [2.45, 2.75) is 54.3 Å². The number of hydrogen-bond acceptors (Lipinski definition) is 11. The van der Waals surface area contributed by atoms with E-state index < -0.39 is 59.3 Å². The Balaban J connectivity index is 1.61. The molecule has 2 bridgehead atoms. The van der Waals surface area contributed by atoms with E-state index in [2.05, 4.69) is 0 Å². The Morgan fingerprint density at radius 1 is 1.11 bits per heavy atom. The van der Waals surface area contributed by atoms with E-state index in [0.717, 1.165) is 4.90 Å². The summed E-state index contributed by atoms with van der Waals surface area (Å²) in [6.07, 6.45) is -2.59. The summed E-state index contributed by atoms with van der Waals surface area (Å²) in [6.45, 7) is 1.91. The van der Waals surface area contributed by atoms with Gasteiger partial charge in [-0.1, -0.05) is 40.9 Å². The molecule has 1 fully saturated rings.